The molecule has 33 heavy (non-hydrogen) atoms. The van der Waals surface area contributed by atoms with Crippen molar-refractivity contribution in [1.29, 1.82) is 0 Å². The molecule has 2 aliphatic heterocycles. The second-order valence-electron chi connectivity index (χ2n) is 9.54. The minimum Gasteiger partial charge on any atom is -0.464 e. The third kappa shape index (κ3) is 4.51. The Morgan fingerprint density at radius 1 is 1.00 bits per heavy atom. The zero-order valence-electron chi connectivity index (χ0n) is 19.4. The van der Waals surface area contributed by atoms with Crippen LogP contribution in [0.4, 0.5) is 4.79 Å². The zero-order chi connectivity index (χ0) is 22.8. The molecule has 0 N–H and O–H groups in total. The van der Waals surface area contributed by atoms with Crippen LogP contribution in [0, 0.1) is 11.3 Å². The number of benzene rings is 1. The van der Waals surface area contributed by atoms with E-state index in [2.05, 4.69) is 29.2 Å². The number of piperazine rings is 1. The maximum atomic E-state index is 13.2. The SMILES string of the molecule is CCOC(=O)N1CCN(C(=O)[C@@H]2CC23CCN(Cc2ccccc2-c2ccco2)CC3)CC1. The zero-order valence-corrected chi connectivity index (χ0v) is 19.4. The van der Waals surface area contributed by atoms with Crippen LogP contribution >= 0.6 is 0 Å². The maximum absolute atomic E-state index is 13.2. The van der Waals surface area contributed by atoms with E-state index in [0.29, 0.717) is 32.8 Å². The van der Waals surface area contributed by atoms with Crippen LogP contribution in [0.1, 0.15) is 31.7 Å². The Bertz CT molecular complexity index is 973. The molecule has 3 fully saturated rings. The van der Waals surface area contributed by atoms with Gasteiger partial charge < -0.3 is 19.0 Å². The number of carbonyl (C=O) groups is 2. The number of amides is 2. The number of hydrogen-bond donors (Lipinski definition) is 0. The summed E-state index contributed by atoms with van der Waals surface area (Å²) in [5.41, 5.74) is 2.63. The summed E-state index contributed by atoms with van der Waals surface area (Å²) >= 11 is 0. The second-order valence-corrected chi connectivity index (χ2v) is 9.54. The molecule has 1 aromatic heterocycles. The number of furan rings is 1. The quantitative estimate of drug-likeness (QED) is 0.691. The molecule has 2 aromatic rings. The largest absolute Gasteiger partial charge is 0.464 e. The molecule has 0 radical (unpaired) electrons. The molecule has 0 unspecified atom stereocenters. The van der Waals surface area contributed by atoms with Crippen molar-refractivity contribution in [2.45, 2.75) is 32.7 Å². The predicted octanol–water partition coefficient (Wildman–Crippen LogP) is 3.85. The van der Waals surface area contributed by atoms with Gasteiger partial charge in [-0.3, -0.25) is 9.69 Å². The summed E-state index contributed by atoms with van der Waals surface area (Å²) in [6.45, 7) is 7.49. The second kappa shape index (κ2) is 9.21. The number of ether oxygens (including phenoxy) is 1. The van der Waals surface area contributed by atoms with Gasteiger partial charge in [0.05, 0.1) is 12.9 Å². The molecule has 1 aromatic carbocycles. The predicted molar refractivity (Wildman–Crippen MR) is 124 cm³/mol. The fraction of sp³-hybridized carbons (Fsp3) is 0.538. The first-order chi connectivity index (χ1) is 16.1. The van der Waals surface area contributed by atoms with Crippen LogP contribution in [0.3, 0.4) is 0 Å². The number of piperidine rings is 1. The molecule has 2 amide bonds. The molecule has 3 aliphatic rings. The number of hydrogen-bond acceptors (Lipinski definition) is 5. The van der Waals surface area contributed by atoms with E-state index in [1.165, 1.54) is 5.56 Å². The molecule has 1 aliphatic carbocycles. The molecular weight excluding hydrogens is 418 g/mol. The van der Waals surface area contributed by atoms with Crippen LogP contribution in [-0.4, -0.2) is 72.6 Å². The molecule has 3 heterocycles. The number of nitrogens with zero attached hydrogens (tertiary/aromatic N) is 3. The third-order valence-electron chi connectivity index (χ3n) is 7.65. The van der Waals surface area contributed by atoms with Gasteiger partial charge in [0.15, 0.2) is 0 Å². The van der Waals surface area contributed by atoms with Gasteiger partial charge in [0.1, 0.15) is 5.76 Å². The van der Waals surface area contributed by atoms with Crippen molar-refractivity contribution in [3.8, 4) is 11.3 Å². The van der Waals surface area contributed by atoms with Crippen molar-refractivity contribution < 1.29 is 18.7 Å². The van der Waals surface area contributed by atoms with Gasteiger partial charge in [0, 0.05) is 44.2 Å². The smallest absolute Gasteiger partial charge is 0.409 e. The Hall–Kier alpha value is -2.80. The molecule has 176 valence electrons. The molecule has 1 spiro atoms. The van der Waals surface area contributed by atoms with Crippen molar-refractivity contribution in [3.63, 3.8) is 0 Å². The van der Waals surface area contributed by atoms with Gasteiger partial charge in [0.2, 0.25) is 5.91 Å². The summed E-state index contributed by atoms with van der Waals surface area (Å²) < 4.78 is 10.7. The fourth-order valence-electron chi connectivity index (χ4n) is 5.52. The lowest BCUT2D eigenvalue weighted by Crippen LogP contribution is -2.51. The first-order valence-corrected chi connectivity index (χ1v) is 12.1. The highest BCUT2D eigenvalue weighted by Crippen LogP contribution is 2.60. The van der Waals surface area contributed by atoms with Crippen LogP contribution in [0.25, 0.3) is 11.3 Å². The van der Waals surface area contributed by atoms with Crippen LogP contribution in [0.15, 0.2) is 47.1 Å². The number of carbonyl (C=O) groups excluding carboxylic acids is 2. The highest BCUT2D eigenvalue weighted by Gasteiger charge is 2.59. The standard InChI is InChI=1S/C26H33N3O4/c1-2-32-25(31)29-15-13-28(14-16-29)24(30)22-18-26(22)9-11-27(12-10-26)19-20-6-3-4-7-21(20)23-8-5-17-33-23/h3-8,17,22H,2,9-16,18-19H2,1H3/t22-/m0/s1. The highest BCUT2D eigenvalue weighted by molar-refractivity contribution is 5.83. The van der Waals surface area contributed by atoms with Crippen molar-refractivity contribution in [3.05, 3.63) is 48.2 Å². The Kier molecular flexibility index (Phi) is 6.15. The van der Waals surface area contributed by atoms with Gasteiger partial charge in [-0.05, 0) is 62.4 Å². The monoisotopic (exact) mass is 451 g/mol. The van der Waals surface area contributed by atoms with E-state index in [-0.39, 0.29) is 23.3 Å². The Labute approximate surface area is 195 Å². The molecule has 1 atom stereocenters. The van der Waals surface area contributed by atoms with Crippen LogP contribution in [-0.2, 0) is 16.1 Å². The summed E-state index contributed by atoms with van der Waals surface area (Å²) in [6, 6.07) is 12.4. The van der Waals surface area contributed by atoms with E-state index in [9.17, 15) is 9.59 Å². The van der Waals surface area contributed by atoms with Crippen molar-refractivity contribution in [1.82, 2.24) is 14.7 Å². The summed E-state index contributed by atoms with van der Waals surface area (Å²) in [5.74, 6) is 1.36. The maximum Gasteiger partial charge on any atom is 0.409 e. The minimum absolute atomic E-state index is 0.157. The third-order valence-corrected chi connectivity index (χ3v) is 7.65. The summed E-state index contributed by atoms with van der Waals surface area (Å²) in [6.07, 6.45) is 4.62. The first-order valence-electron chi connectivity index (χ1n) is 12.1. The van der Waals surface area contributed by atoms with Crippen LogP contribution in [0.2, 0.25) is 0 Å². The normalized spacial score (nSPS) is 22.4. The topological polar surface area (TPSA) is 66.2 Å². The van der Waals surface area contributed by atoms with Crippen molar-refractivity contribution in [2.24, 2.45) is 11.3 Å². The van der Waals surface area contributed by atoms with E-state index in [0.717, 1.165) is 50.2 Å². The number of likely N-dealkylation sites (tertiary alicyclic amines) is 1. The average molecular weight is 452 g/mol. The summed E-state index contributed by atoms with van der Waals surface area (Å²) in [4.78, 5) is 31.2. The average Bonchev–Trinajstić information content (AvgIpc) is 3.26. The van der Waals surface area contributed by atoms with E-state index >= 15 is 0 Å². The van der Waals surface area contributed by atoms with Gasteiger partial charge in [-0.2, -0.15) is 0 Å². The van der Waals surface area contributed by atoms with E-state index in [1.807, 2.05) is 24.0 Å². The molecule has 0 bridgehead atoms. The Morgan fingerprint density at radius 2 is 1.73 bits per heavy atom. The molecule has 7 nitrogen and oxygen atoms in total. The first kappa shape index (κ1) is 22.0. The van der Waals surface area contributed by atoms with Crippen LogP contribution in [0.5, 0.6) is 0 Å². The summed E-state index contributed by atoms with van der Waals surface area (Å²) in [7, 11) is 0. The highest BCUT2D eigenvalue weighted by atomic mass is 16.6. The molecule has 7 heteroatoms. The molecular formula is C26H33N3O4. The lowest BCUT2D eigenvalue weighted by atomic mass is 9.90. The minimum atomic E-state index is -0.270. The lowest BCUT2D eigenvalue weighted by Gasteiger charge is -2.36. The van der Waals surface area contributed by atoms with Gasteiger partial charge in [-0.25, -0.2) is 4.79 Å². The molecule has 2 saturated heterocycles. The van der Waals surface area contributed by atoms with Gasteiger partial charge in [-0.15, -0.1) is 0 Å². The molecule has 5 rings (SSSR count). The number of rotatable bonds is 5. The Balaban J connectivity index is 1.12. The van der Waals surface area contributed by atoms with Crippen molar-refractivity contribution >= 4 is 12.0 Å². The van der Waals surface area contributed by atoms with Crippen LogP contribution < -0.4 is 0 Å². The van der Waals surface area contributed by atoms with Crippen molar-refractivity contribution in [2.75, 3.05) is 45.9 Å². The summed E-state index contributed by atoms with van der Waals surface area (Å²) in [5, 5.41) is 0. The van der Waals surface area contributed by atoms with E-state index < -0.39 is 0 Å². The molecule has 1 saturated carbocycles. The fourth-order valence-corrected chi connectivity index (χ4v) is 5.52. The van der Waals surface area contributed by atoms with E-state index in [1.54, 1.807) is 11.2 Å². The van der Waals surface area contributed by atoms with Gasteiger partial charge in [-0.1, -0.05) is 24.3 Å². The lowest BCUT2D eigenvalue weighted by molar-refractivity contribution is -0.135. The Morgan fingerprint density at radius 3 is 2.42 bits per heavy atom. The van der Waals surface area contributed by atoms with Gasteiger partial charge in [0.25, 0.3) is 0 Å². The van der Waals surface area contributed by atoms with Gasteiger partial charge >= 0.3 is 6.09 Å². The van der Waals surface area contributed by atoms with E-state index in [4.69, 9.17) is 9.15 Å².